The van der Waals surface area contributed by atoms with Crippen molar-refractivity contribution in [1.82, 2.24) is 29.9 Å². The van der Waals surface area contributed by atoms with Crippen LogP contribution < -0.4 is 5.32 Å². The van der Waals surface area contributed by atoms with Crippen molar-refractivity contribution in [2.24, 2.45) is 0 Å². The summed E-state index contributed by atoms with van der Waals surface area (Å²) in [5.41, 5.74) is 0. The lowest BCUT2D eigenvalue weighted by Crippen LogP contribution is -2.27. The molecule has 2 heterocycles. The summed E-state index contributed by atoms with van der Waals surface area (Å²) in [5.74, 6) is 0.987. The van der Waals surface area contributed by atoms with Crippen LogP contribution in [0.15, 0.2) is 24.8 Å². The van der Waals surface area contributed by atoms with Crippen molar-refractivity contribution in [1.29, 1.82) is 0 Å². The molecule has 7 nitrogen and oxygen atoms in total. The standard InChI is InChI=1S/C13H20N6O/c1-11(19-9-5-14-12(19)2)10-13(20)15-4-3-7-18-8-6-16-17-18/h5-6,8-9,11H,3-4,7,10H2,1-2H3,(H,15,20)/t11-/m0/s1. The maximum absolute atomic E-state index is 11.8. The summed E-state index contributed by atoms with van der Waals surface area (Å²) < 4.78 is 3.76. The van der Waals surface area contributed by atoms with E-state index < -0.39 is 0 Å². The first-order valence-electron chi connectivity index (χ1n) is 6.77. The van der Waals surface area contributed by atoms with E-state index in [1.165, 1.54) is 0 Å². The molecule has 0 aliphatic heterocycles. The lowest BCUT2D eigenvalue weighted by molar-refractivity contribution is -0.121. The van der Waals surface area contributed by atoms with Gasteiger partial charge in [-0.05, 0) is 20.3 Å². The van der Waals surface area contributed by atoms with Gasteiger partial charge >= 0.3 is 0 Å². The third-order valence-electron chi connectivity index (χ3n) is 3.18. The fourth-order valence-electron chi connectivity index (χ4n) is 2.11. The third kappa shape index (κ3) is 3.91. The van der Waals surface area contributed by atoms with Gasteiger partial charge in [-0.15, -0.1) is 5.10 Å². The van der Waals surface area contributed by atoms with Gasteiger partial charge in [0.15, 0.2) is 0 Å². The Balaban J connectivity index is 1.66. The van der Waals surface area contributed by atoms with Crippen LogP contribution in [0.1, 0.15) is 31.6 Å². The first-order valence-corrected chi connectivity index (χ1v) is 6.77. The highest BCUT2D eigenvalue weighted by atomic mass is 16.1. The SMILES string of the molecule is Cc1nccn1[C@@H](C)CC(=O)NCCCn1ccnn1. The summed E-state index contributed by atoms with van der Waals surface area (Å²) in [4.78, 5) is 16.0. The van der Waals surface area contributed by atoms with Crippen molar-refractivity contribution in [3.63, 3.8) is 0 Å². The first-order chi connectivity index (χ1) is 9.66. The van der Waals surface area contributed by atoms with Crippen molar-refractivity contribution < 1.29 is 4.79 Å². The summed E-state index contributed by atoms with van der Waals surface area (Å²) >= 11 is 0. The molecule has 1 amide bonds. The van der Waals surface area contributed by atoms with E-state index in [-0.39, 0.29) is 11.9 Å². The number of carbonyl (C=O) groups excluding carboxylic acids is 1. The Morgan fingerprint density at radius 1 is 1.40 bits per heavy atom. The third-order valence-corrected chi connectivity index (χ3v) is 3.18. The number of hydrogen-bond donors (Lipinski definition) is 1. The molecule has 0 aliphatic rings. The van der Waals surface area contributed by atoms with Crippen LogP contribution in [-0.4, -0.2) is 37.0 Å². The molecule has 1 N–H and O–H groups in total. The van der Waals surface area contributed by atoms with E-state index in [2.05, 4.69) is 20.6 Å². The van der Waals surface area contributed by atoms with E-state index in [0.717, 1.165) is 18.8 Å². The normalized spacial score (nSPS) is 12.3. The fraction of sp³-hybridized carbons (Fsp3) is 0.538. The minimum atomic E-state index is 0.0594. The van der Waals surface area contributed by atoms with Gasteiger partial charge in [0.25, 0.3) is 0 Å². The predicted molar refractivity (Wildman–Crippen MR) is 73.9 cm³/mol. The average molecular weight is 276 g/mol. The Morgan fingerprint density at radius 2 is 2.25 bits per heavy atom. The van der Waals surface area contributed by atoms with Gasteiger partial charge in [-0.1, -0.05) is 5.21 Å². The van der Waals surface area contributed by atoms with Gasteiger partial charge in [0, 0.05) is 44.1 Å². The zero-order chi connectivity index (χ0) is 14.4. The molecule has 7 heteroatoms. The Bertz CT molecular complexity index is 533. The average Bonchev–Trinajstić information content (AvgIpc) is 3.05. The van der Waals surface area contributed by atoms with E-state index in [4.69, 9.17) is 0 Å². The van der Waals surface area contributed by atoms with Gasteiger partial charge in [-0.3, -0.25) is 9.48 Å². The van der Waals surface area contributed by atoms with Crippen molar-refractivity contribution >= 4 is 5.91 Å². The van der Waals surface area contributed by atoms with Crippen LogP contribution >= 0.6 is 0 Å². The molecule has 2 aromatic rings. The second-order valence-electron chi connectivity index (χ2n) is 4.80. The molecule has 0 fully saturated rings. The van der Waals surface area contributed by atoms with E-state index in [9.17, 15) is 4.79 Å². The van der Waals surface area contributed by atoms with Gasteiger partial charge in [-0.25, -0.2) is 4.98 Å². The number of aryl methyl sites for hydroxylation is 2. The molecule has 0 unspecified atom stereocenters. The van der Waals surface area contributed by atoms with Gasteiger partial charge in [0.2, 0.25) is 5.91 Å². The largest absolute Gasteiger partial charge is 0.356 e. The Labute approximate surface area is 118 Å². The number of aromatic nitrogens is 5. The van der Waals surface area contributed by atoms with Gasteiger partial charge < -0.3 is 9.88 Å². The summed E-state index contributed by atoms with van der Waals surface area (Å²) in [6.07, 6.45) is 8.41. The molecule has 108 valence electrons. The number of rotatable bonds is 7. The van der Waals surface area contributed by atoms with E-state index in [0.29, 0.717) is 13.0 Å². The zero-order valence-electron chi connectivity index (χ0n) is 11.9. The number of hydrogen-bond acceptors (Lipinski definition) is 4. The quantitative estimate of drug-likeness (QED) is 0.763. The molecule has 0 radical (unpaired) electrons. The predicted octanol–water partition coefficient (Wildman–Crippen LogP) is 0.941. The fourth-order valence-corrected chi connectivity index (χ4v) is 2.11. The molecular weight excluding hydrogens is 256 g/mol. The van der Waals surface area contributed by atoms with Crippen LogP contribution in [0.25, 0.3) is 0 Å². The number of nitrogens with zero attached hydrogens (tertiary/aromatic N) is 5. The van der Waals surface area contributed by atoms with Crippen molar-refractivity contribution in [2.45, 2.75) is 39.3 Å². The molecule has 0 bridgehead atoms. The lowest BCUT2D eigenvalue weighted by atomic mass is 10.2. The van der Waals surface area contributed by atoms with Crippen molar-refractivity contribution in [2.75, 3.05) is 6.54 Å². The Kier molecular flexibility index (Phi) is 4.86. The molecule has 20 heavy (non-hydrogen) atoms. The van der Waals surface area contributed by atoms with E-state index >= 15 is 0 Å². The van der Waals surface area contributed by atoms with E-state index in [1.807, 2.05) is 30.8 Å². The van der Waals surface area contributed by atoms with Crippen LogP contribution in [0.4, 0.5) is 0 Å². The highest BCUT2D eigenvalue weighted by molar-refractivity contribution is 5.76. The summed E-state index contributed by atoms with van der Waals surface area (Å²) in [5, 5.41) is 10.5. The number of amides is 1. The summed E-state index contributed by atoms with van der Waals surface area (Å²) in [7, 11) is 0. The lowest BCUT2D eigenvalue weighted by Gasteiger charge is -2.14. The number of nitrogens with one attached hydrogen (secondary N) is 1. The van der Waals surface area contributed by atoms with Gasteiger partial charge in [-0.2, -0.15) is 0 Å². The van der Waals surface area contributed by atoms with Crippen molar-refractivity contribution in [3.8, 4) is 0 Å². The minimum Gasteiger partial charge on any atom is -0.356 e. The molecule has 0 aliphatic carbocycles. The van der Waals surface area contributed by atoms with Crippen LogP contribution in [0, 0.1) is 6.92 Å². The smallest absolute Gasteiger partial charge is 0.222 e. The minimum absolute atomic E-state index is 0.0594. The monoisotopic (exact) mass is 276 g/mol. The summed E-state index contributed by atoms with van der Waals surface area (Å²) in [6, 6.07) is 0.118. The van der Waals surface area contributed by atoms with Crippen molar-refractivity contribution in [3.05, 3.63) is 30.6 Å². The second-order valence-corrected chi connectivity index (χ2v) is 4.80. The van der Waals surface area contributed by atoms with Crippen LogP contribution in [-0.2, 0) is 11.3 Å². The highest BCUT2D eigenvalue weighted by Crippen LogP contribution is 2.12. The number of imidazole rings is 1. The topological polar surface area (TPSA) is 77.6 Å². The molecule has 2 rings (SSSR count). The molecule has 1 atom stereocenters. The van der Waals surface area contributed by atoms with Crippen LogP contribution in [0.5, 0.6) is 0 Å². The molecule has 0 spiro atoms. The van der Waals surface area contributed by atoms with Gasteiger partial charge in [0.1, 0.15) is 5.82 Å². The highest BCUT2D eigenvalue weighted by Gasteiger charge is 2.11. The second kappa shape index (κ2) is 6.83. The summed E-state index contributed by atoms with van der Waals surface area (Å²) in [6.45, 7) is 5.36. The zero-order valence-corrected chi connectivity index (χ0v) is 11.9. The van der Waals surface area contributed by atoms with Crippen LogP contribution in [0.3, 0.4) is 0 Å². The Hall–Kier alpha value is -2.18. The molecule has 2 aromatic heterocycles. The Morgan fingerprint density at radius 3 is 2.90 bits per heavy atom. The molecule has 0 aromatic carbocycles. The maximum atomic E-state index is 11.8. The number of carbonyl (C=O) groups is 1. The van der Waals surface area contributed by atoms with E-state index in [1.54, 1.807) is 17.1 Å². The molecular formula is C13H20N6O. The maximum Gasteiger partial charge on any atom is 0.222 e. The first kappa shape index (κ1) is 14.2. The molecule has 0 saturated carbocycles. The van der Waals surface area contributed by atoms with Crippen LogP contribution in [0.2, 0.25) is 0 Å². The molecule has 0 saturated heterocycles. The van der Waals surface area contributed by atoms with Gasteiger partial charge in [0.05, 0.1) is 6.20 Å².